The number of carbonyl (C=O) groups is 1. The minimum Gasteiger partial charge on any atom is -0.492 e. The summed E-state index contributed by atoms with van der Waals surface area (Å²) in [6.07, 6.45) is 5.14. The molecule has 0 amide bonds. The zero-order valence-electron chi connectivity index (χ0n) is 10.1. The molecule has 92 valence electrons. The maximum atomic E-state index is 12.1. The highest BCUT2D eigenvalue weighted by atomic mass is 16.5. The number of ether oxygens (including phenoxy) is 1. The first kappa shape index (κ1) is 12.0. The Morgan fingerprint density at radius 2 is 2.47 bits per heavy atom. The van der Waals surface area contributed by atoms with E-state index in [1.807, 2.05) is 6.92 Å². The maximum Gasteiger partial charge on any atom is 0.168 e. The molecular weight excluding hydrogens is 216 g/mol. The van der Waals surface area contributed by atoms with Crippen molar-refractivity contribution >= 4 is 5.78 Å². The molecule has 1 unspecified atom stereocenters. The molecule has 1 aromatic rings. The van der Waals surface area contributed by atoms with E-state index in [-0.39, 0.29) is 11.7 Å². The van der Waals surface area contributed by atoms with Crippen molar-refractivity contribution in [3.8, 4) is 5.75 Å². The monoisotopic (exact) mass is 234 g/mol. The summed E-state index contributed by atoms with van der Waals surface area (Å²) in [5, 5.41) is 3.20. The van der Waals surface area contributed by atoms with Crippen LogP contribution in [0.3, 0.4) is 0 Å². The molecule has 0 aliphatic carbocycles. The molecule has 4 nitrogen and oxygen atoms in total. The number of nitrogens with one attached hydrogen (secondary N) is 1. The third-order valence-electron chi connectivity index (χ3n) is 2.90. The summed E-state index contributed by atoms with van der Waals surface area (Å²) in [7, 11) is 0. The highest BCUT2D eigenvalue weighted by Crippen LogP contribution is 2.18. The van der Waals surface area contributed by atoms with Crippen LogP contribution in [0, 0.1) is 5.92 Å². The van der Waals surface area contributed by atoms with E-state index in [2.05, 4.69) is 10.3 Å². The molecule has 0 radical (unpaired) electrons. The Morgan fingerprint density at radius 3 is 3.18 bits per heavy atom. The van der Waals surface area contributed by atoms with E-state index in [1.165, 1.54) is 0 Å². The summed E-state index contributed by atoms with van der Waals surface area (Å²) in [5.41, 5.74) is 0.660. The number of hydrogen-bond acceptors (Lipinski definition) is 4. The Kier molecular flexibility index (Phi) is 4.09. The standard InChI is InChI=1S/C13H18N2O2/c1-2-5-17-12-6-11(8-15-9-12)13(16)10-3-4-14-7-10/h6,8-10,14H,2-5,7H2,1H3. The molecule has 0 aromatic carbocycles. The molecular formula is C13H18N2O2. The SMILES string of the molecule is CCCOc1cncc(C(=O)C2CCNC2)c1. The van der Waals surface area contributed by atoms with E-state index in [1.54, 1.807) is 18.5 Å². The van der Waals surface area contributed by atoms with Crippen molar-refractivity contribution in [2.24, 2.45) is 5.92 Å². The van der Waals surface area contributed by atoms with Crippen LogP contribution in [0.2, 0.25) is 0 Å². The maximum absolute atomic E-state index is 12.1. The van der Waals surface area contributed by atoms with Crippen LogP contribution in [0.4, 0.5) is 0 Å². The number of hydrogen-bond donors (Lipinski definition) is 1. The third kappa shape index (κ3) is 3.03. The predicted molar refractivity (Wildman–Crippen MR) is 65.3 cm³/mol. The highest BCUT2D eigenvalue weighted by Gasteiger charge is 2.23. The smallest absolute Gasteiger partial charge is 0.168 e. The quantitative estimate of drug-likeness (QED) is 0.787. The molecule has 0 spiro atoms. The van der Waals surface area contributed by atoms with E-state index < -0.39 is 0 Å². The molecule has 1 aromatic heterocycles. The van der Waals surface area contributed by atoms with Gasteiger partial charge in [0, 0.05) is 24.2 Å². The van der Waals surface area contributed by atoms with Crippen LogP contribution in [-0.2, 0) is 0 Å². The highest BCUT2D eigenvalue weighted by molar-refractivity contribution is 5.98. The lowest BCUT2D eigenvalue weighted by atomic mass is 9.98. The molecule has 1 aliphatic heterocycles. The van der Waals surface area contributed by atoms with Gasteiger partial charge in [0.15, 0.2) is 5.78 Å². The number of ketones is 1. The van der Waals surface area contributed by atoms with Gasteiger partial charge < -0.3 is 10.1 Å². The summed E-state index contributed by atoms with van der Waals surface area (Å²) < 4.78 is 5.48. The summed E-state index contributed by atoms with van der Waals surface area (Å²) in [6, 6.07) is 1.79. The van der Waals surface area contributed by atoms with Crippen LogP contribution < -0.4 is 10.1 Å². The van der Waals surface area contributed by atoms with E-state index in [9.17, 15) is 4.79 Å². The topological polar surface area (TPSA) is 51.2 Å². The van der Waals surface area contributed by atoms with Crippen LogP contribution in [0.5, 0.6) is 5.75 Å². The van der Waals surface area contributed by atoms with Crippen molar-refractivity contribution < 1.29 is 9.53 Å². The van der Waals surface area contributed by atoms with Gasteiger partial charge in [-0.2, -0.15) is 0 Å². The summed E-state index contributed by atoms with van der Waals surface area (Å²) in [6.45, 7) is 4.41. The molecule has 1 N–H and O–H groups in total. The Balaban J connectivity index is 2.06. The van der Waals surface area contributed by atoms with Crippen LogP contribution >= 0.6 is 0 Å². The van der Waals surface area contributed by atoms with Gasteiger partial charge in [-0.25, -0.2) is 0 Å². The average molecular weight is 234 g/mol. The van der Waals surface area contributed by atoms with Crippen LogP contribution in [-0.4, -0.2) is 30.5 Å². The largest absolute Gasteiger partial charge is 0.492 e. The molecule has 17 heavy (non-hydrogen) atoms. The fourth-order valence-corrected chi connectivity index (χ4v) is 1.97. The minimum absolute atomic E-state index is 0.0956. The van der Waals surface area contributed by atoms with E-state index in [0.29, 0.717) is 17.9 Å². The van der Waals surface area contributed by atoms with E-state index in [4.69, 9.17) is 4.74 Å². The average Bonchev–Trinajstić information content (AvgIpc) is 2.89. The van der Waals surface area contributed by atoms with Crippen LogP contribution in [0.15, 0.2) is 18.5 Å². The molecule has 0 bridgehead atoms. The first-order valence-electron chi connectivity index (χ1n) is 6.14. The molecule has 1 saturated heterocycles. The normalized spacial score (nSPS) is 19.2. The number of Topliss-reactive ketones (excluding diaryl/α,β-unsaturated/α-hetero) is 1. The zero-order chi connectivity index (χ0) is 12.1. The molecule has 0 saturated carbocycles. The lowest BCUT2D eigenvalue weighted by molar-refractivity contribution is 0.0929. The fourth-order valence-electron chi connectivity index (χ4n) is 1.97. The molecule has 1 aliphatic rings. The second-order valence-corrected chi connectivity index (χ2v) is 4.31. The third-order valence-corrected chi connectivity index (χ3v) is 2.90. The Bertz CT molecular complexity index is 387. The Labute approximate surface area is 101 Å². The van der Waals surface area contributed by atoms with Gasteiger partial charge in [-0.15, -0.1) is 0 Å². The van der Waals surface area contributed by atoms with Crippen LogP contribution in [0.1, 0.15) is 30.1 Å². The van der Waals surface area contributed by atoms with Gasteiger partial charge in [-0.1, -0.05) is 6.92 Å². The molecule has 1 fully saturated rings. The Hall–Kier alpha value is -1.42. The lowest BCUT2D eigenvalue weighted by Crippen LogP contribution is -2.18. The van der Waals surface area contributed by atoms with Crippen molar-refractivity contribution in [3.63, 3.8) is 0 Å². The fraction of sp³-hybridized carbons (Fsp3) is 0.538. The summed E-state index contributed by atoms with van der Waals surface area (Å²) >= 11 is 0. The minimum atomic E-state index is 0.0956. The van der Waals surface area contributed by atoms with E-state index >= 15 is 0 Å². The van der Waals surface area contributed by atoms with Gasteiger partial charge in [0.05, 0.1) is 12.8 Å². The number of carbonyl (C=O) groups excluding carboxylic acids is 1. The number of pyridine rings is 1. The van der Waals surface area contributed by atoms with Gasteiger partial charge in [-0.3, -0.25) is 9.78 Å². The molecule has 4 heteroatoms. The number of rotatable bonds is 5. The van der Waals surface area contributed by atoms with Gasteiger partial charge in [0.2, 0.25) is 0 Å². The second kappa shape index (κ2) is 5.77. The molecule has 2 heterocycles. The van der Waals surface area contributed by atoms with Gasteiger partial charge in [0.25, 0.3) is 0 Å². The zero-order valence-corrected chi connectivity index (χ0v) is 10.1. The second-order valence-electron chi connectivity index (χ2n) is 4.31. The summed E-state index contributed by atoms with van der Waals surface area (Å²) in [4.78, 5) is 16.2. The predicted octanol–water partition coefficient (Wildman–Crippen LogP) is 1.66. The van der Waals surface area contributed by atoms with Crippen molar-refractivity contribution in [2.75, 3.05) is 19.7 Å². The van der Waals surface area contributed by atoms with Crippen molar-refractivity contribution in [3.05, 3.63) is 24.0 Å². The van der Waals surface area contributed by atoms with Gasteiger partial charge in [0.1, 0.15) is 5.75 Å². The number of nitrogens with zero attached hydrogens (tertiary/aromatic N) is 1. The Morgan fingerprint density at radius 1 is 1.59 bits per heavy atom. The van der Waals surface area contributed by atoms with Crippen molar-refractivity contribution in [1.29, 1.82) is 0 Å². The van der Waals surface area contributed by atoms with Gasteiger partial charge >= 0.3 is 0 Å². The van der Waals surface area contributed by atoms with Crippen LogP contribution in [0.25, 0.3) is 0 Å². The summed E-state index contributed by atoms with van der Waals surface area (Å²) in [5.74, 6) is 0.950. The van der Waals surface area contributed by atoms with Crippen molar-refractivity contribution in [1.82, 2.24) is 10.3 Å². The molecule has 1 atom stereocenters. The van der Waals surface area contributed by atoms with E-state index in [0.717, 1.165) is 25.9 Å². The lowest BCUT2D eigenvalue weighted by Gasteiger charge is -2.09. The number of aromatic nitrogens is 1. The first-order valence-corrected chi connectivity index (χ1v) is 6.14. The van der Waals surface area contributed by atoms with Crippen molar-refractivity contribution in [2.45, 2.75) is 19.8 Å². The molecule has 2 rings (SSSR count). The van der Waals surface area contributed by atoms with Gasteiger partial charge in [-0.05, 0) is 25.5 Å². The first-order chi connectivity index (χ1) is 8.31.